The predicted molar refractivity (Wildman–Crippen MR) is 69.3 cm³/mol. The van der Waals surface area contributed by atoms with Crippen LogP contribution >= 0.6 is 23.2 Å². The molecule has 2 heterocycles. The Hall–Kier alpha value is -1.58. The van der Waals surface area contributed by atoms with Crippen LogP contribution in [0.1, 0.15) is 0 Å². The Morgan fingerprint density at radius 1 is 1.06 bits per heavy atom. The summed E-state index contributed by atoms with van der Waals surface area (Å²) >= 11 is 11.8. The van der Waals surface area contributed by atoms with Crippen LogP contribution < -0.4 is 0 Å². The van der Waals surface area contributed by atoms with Crippen LogP contribution in [0.3, 0.4) is 0 Å². The minimum Gasteiger partial charge on any atom is -0.275 e. The molecule has 0 fully saturated rings. The van der Waals surface area contributed by atoms with Crippen molar-refractivity contribution in [1.82, 2.24) is 15.2 Å². The third kappa shape index (κ3) is 1.88. The van der Waals surface area contributed by atoms with Gasteiger partial charge in [-0.05, 0) is 18.2 Å². The lowest BCUT2D eigenvalue weighted by Crippen LogP contribution is -1.80. The van der Waals surface area contributed by atoms with Crippen LogP contribution in [0, 0.1) is 0 Å². The van der Waals surface area contributed by atoms with E-state index in [1.54, 1.807) is 12.3 Å². The number of aromatic amines is 1. The van der Waals surface area contributed by atoms with Gasteiger partial charge in [0.15, 0.2) is 0 Å². The zero-order valence-electron chi connectivity index (χ0n) is 8.61. The molecule has 0 aliphatic rings. The first-order valence-electron chi connectivity index (χ1n) is 4.99. The molecule has 0 aliphatic heterocycles. The van der Waals surface area contributed by atoms with E-state index in [9.17, 15) is 0 Å². The fourth-order valence-electron chi connectivity index (χ4n) is 1.72. The van der Waals surface area contributed by atoms with E-state index < -0.39 is 0 Å². The molecule has 0 saturated heterocycles. The van der Waals surface area contributed by atoms with Gasteiger partial charge in [-0.15, -0.1) is 0 Å². The van der Waals surface area contributed by atoms with Gasteiger partial charge in [-0.2, -0.15) is 5.10 Å². The number of nitrogens with zero attached hydrogens (tertiary/aromatic N) is 2. The topological polar surface area (TPSA) is 41.6 Å². The van der Waals surface area contributed by atoms with E-state index in [4.69, 9.17) is 23.2 Å². The Morgan fingerprint density at radius 3 is 2.76 bits per heavy atom. The molecule has 3 rings (SSSR count). The number of aromatic nitrogens is 3. The summed E-state index contributed by atoms with van der Waals surface area (Å²) in [6.07, 6.45) is 1.60. The van der Waals surface area contributed by atoms with Gasteiger partial charge in [-0.3, -0.25) is 10.1 Å². The van der Waals surface area contributed by atoms with Crippen molar-refractivity contribution in [3.63, 3.8) is 0 Å². The lowest BCUT2D eigenvalue weighted by molar-refractivity contribution is 1.12. The largest absolute Gasteiger partial charge is 0.275 e. The SMILES string of the molecule is Clc1cccc(-c2n[nH]c3cc(Cl)cnc23)c1. The maximum absolute atomic E-state index is 5.96. The van der Waals surface area contributed by atoms with Crippen LogP contribution in [0.15, 0.2) is 36.5 Å². The number of hydrogen-bond acceptors (Lipinski definition) is 2. The van der Waals surface area contributed by atoms with Gasteiger partial charge in [-0.1, -0.05) is 35.3 Å². The minimum atomic E-state index is 0.582. The Balaban J connectivity index is 2.24. The molecule has 0 saturated carbocycles. The third-order valence-electron chi connectivity index (χ3n) is 2.46. The molecular weight excluding hydrogens is 257 g/mol. The van der Waals surface area contributed by atoms with E-state index in [2.05, 4.69) is 15.2 Å². The number of H-pyrrole nitrogens is 1. The van der Waals surface area contributed by atoms with Crippen molar-refractivity contribution in [3.05, 3.63) is 46.6 Å². The number of nitrogens with one attached hydrogen (secondary N) is 1. The molecule has 0 spiro atoms. The summed E-state index contributed by atoms with van der Waals surface area (Å²) in [5.74, 6) is 0. The highest BCUT2D eigenvalue weighted by Crippen LogP contribution is 2.27. The number of hydrogen-bond donors (Lipinski definition) is 1. The molecular formula is C12H7Cl2N3. The zero-order valence-corrected chi connectivity index (χ0v) is 10.1. The van der Waals surface area contributed by atoms with Crippen molar-refractivity contribution < 1.29 is 0 Å². The molecule has 0 bridgehead atoms. The van der Waals surface area contributed by atoms with Crippen molar-refractivity contribution in [2.45, 2.75) is 0 Å². The van der Waals surface area contributed by atoms with Crippen LogP contribution in [-0.2, 0) is 0 Å². The molecule has 3 nitrogen and oxygen atoms in total. The number of rotatable bonds is 1. The molecule has 17 heavy (non-hydrogen) atoms. The second kappa shape index (κ2) is 4.02. The van der Waals surface area contributed by atoms with Gasteiger partial charge < -0.3 is 0 Å². The highest BCUT2D eigenvalue weighted by molar-refractivity contribution is 6.31. The summed E-state index contributed by atoms with van der Waals surface area (Å²) in [6, 6.07) is 9.30. The van der Waals surface area contributed by atoms with Gasteiger partial charge in [0.05, 0.1) is 10.5 Å². The van der Waals surface area contributed by atoms with E-state index in [-0.39, 0.29) is 0 Å². The zero-order chi connectivity index (χ0) is 11.8. The maximum atomic E-state index is 5.96. The first kappa shape index (κ1) is 10.6. The van der Waals surface area contributed by atoms with E-state index in [1.165, 1.54) is 0 Å². The third-order valence-corrected chi connectivity index (χ3v) is 2.91. The molecule has 1 aromatic carbocycles. The predicted octanol–water partition coefficient (Wildman–Crippen LogP) is 3.93. The minimum absolute atomic E-state index is 0.582. The van der Waals surface area contributed by atoms with Crippen molar-refractivity contribution in [2.75, 3.05) is 0 Å². The molecule has 3 aromatic rings. The molecule has 5 heteroatoms. The van der Waals surface area contributed by atoms with Crippen LogP contribution in [-0.4, -0.2) is 15.2 Å². The molecule has 0 unspecified atom stereocenters. The second-order valence-electron chi connectivity index (χ2n) is 3.63. The van der Waals surface area contributed by atoms with Crippen molar-refractivity contribution in [2.24, 2.45) is 0 Å². The monoisotopic (exact) mass is 263 g/mol. The van der Waals surface area contributed by atoms with E-state index in [0.29, 0.717) is 10.0 Å². The Labute approximate surface area is 107 Å². The fraction of sp³-hybridized carbons (Fsp3) is 0. The highest BCUT2D eigenvalue weighted by atomic mass is 35.5. The van der Waals surface area contributed by atoms with Gasteiger partial charge in [0.1, 0.15) is 11.2 Å². The average molecular weight is 264 g/mol. The van der Waals surface area contributed by atoms with E-state index in [1.807, 2.05) is 24.3 Å². The Kier molecular flexibility index (Phi) is 2.50. The summed E-state index contributed by atoms with van der Waals surface area (Å²) in [4.78, 5) is 4.28. The molecule has 1 N–H and O–H groups in total. The van der Waals surface area contributed by atoms with E-state index in [0.717, 1.165) is 22.3 Å². The fourth-order valence-corrected chi connectivity index (χ4v) is 2.07. The van der Waals surface area contributed by atoms with Crippen molar-refractivity contribution in [1.29, 1.82) is 0 Å². The molecule has 84 valence electrons. The van der Waals surface area contributed by atoms with Gasteiger partial charge in [0.25, 0.3) is 0 Å². The lowest BCUT2D eigenvalue weighted by atomic mass is 10.1. The summed E-state index contributed by atoms with van der Waals surface area (Å²) in [7, 11) is 0. The van der Waals surface area contributed by atoms with Crippen molar-refractivity contribution >= 4 is 34.2 Å². The highest BCUT2D eigenvalue weighted by Gasteiger charge is 2.09. The Bertz CT molecular complexity index is 691. The second-order valence-corrected chi connectivity index (χ2v) is 4.51. The number of pyridine rings is 1. The maximum Gasteiger partial charge on any atom is 0.118 e. The quantitative estimate of drug-likeness (QED) is 0.723. The van der Waals surface area contributed by atoms with Crippen LogP contribution in [0.2, 0.25) is 10.0 Å². The van der Waals surface area contributed by atoms with Crippen LogP contribution in [0.25, 0.3) is 22.3 Å². The van der Waals surface area contributed by atoms with Gasteiger partial charge in [0, 0.05) is 16.8 Å². The standard InChI is InChI=1S/C12H7Cl2N3/c13-8-3-1-2-7(4-8)11-12-10(16-17-11)5-9(14)6-15-12/h1-6H,(H,16,17). The summed E-state index contributed by atoms with van der Waals surface area (Å²) in [5.41, 5.74) is 3.31. The smallest absolute Gasteiger partial charge is 0.118 e. The summed E-state index contributed by atoms with van der Waals surface area (Å²) < 4.78 is 0. The average Bonchev–Trinajstić information content (AvgIpc) is 2.71. The first-order valence-corrected chi connectivity index (χ1v) is 5.75. The molecule has 0 radical (unpaired) electrons. The number of halogens is 2. The molecule has 0 amide bonds. The summed E-state index contributed by atoms with van der Waals surface area (Å²) in [6.45, 7) is 0. The van der Waals surface area contributed by atoms with Gasteiger partial charge >= 0.3 is 0 Å². The number of benzene rings is 1. The van der Waals surface area contributed by atoms with Crippen molar-refractivity contribution in [3.8, 4) is 11.3 Å². The Morgan fingerprint density at radius 2 is 1.94 bits per heavy atom. The normalized spacial score (nSPS) is 10.9. The summed E-state index contributed by atoms with van der Waals surface area (Å²) in [5, 5.41) is 8.41. The first-order chi connectivity index (χ1) is 8.24. The van der Waals surface area contributed by atoms with Crippen LogP contribution in [0.4, 0.5) is 0 Å². The lowest BCUT2D eigenvalue weighted by Gasteiger charge is -1.98. The molecule has 0 atom stereocenters. The van der Waals surface area contributed by atoms with E-state index >= 15 is 0 Å². The van der Waals surface area contributed by atoms with Gasteiger partial charge in [-0.25, -0.2) is 0 Å². The van der Waals surface area contributed by atoms with Crippen LogP contribution in [0.5, 0.6) is 0 Å². The number of fused-ring (bicyclic) bond motifs is 1. The van der Waals surface area contributed by atoms with Gasteiger partial charge in [0.2, 0.25) is 0 Å². The molecule has 0 aliphatic carbocycles. The molecule has 2 aromatic heterocycles.